The predicted molar refractivity (Wildman–Crippen MR) is 66.8 cm³/mol. The van der Waals surface area contributed by atoms with Gasteiger partial charge in [0.2, 0.25) is 0 Å². The lowest BCUT2D eigenvalue weighted by atomic mass is 10.2. The van der Waals surface area contributed by atoms with Gasteiger partial charge >= 0.3 is 12.4 Å². The molecule has 2 heterocycles. The fourth-order valence-electron chi connectivity index (χ4n) is 1.53. The Morgan fingerprint density at radius 3 is 2.05 bits per heavy atom. The topological polar surface area (TPSA) is 37.8 Å². The number of nitrogens with one attached hydrogen (secondary N) is 1. The minimum Gasteiger partial charge on any atom is -0.325 e. The number of aromatic nitrogens is 2. The summed E-state index contributed by atoms with van der Waals surface area (Å²) in [5.41, 5.74) is -2.08. The maximum Gasteiger partial charge on any atom is 0.416 e. The Morgan fingerprint density at radius 2 is 1.45 bits per heavy atom. The normalized spacial score (nSPS) is 12.3. The highest BCUT2D eigenvalue weighted by atomic mass is 35.5. The van der Waals surface area contributed by atoms with Crippen LogP contribution in [0.1, 0.15) is 11.1 Å². The van der Waals surface area contributed by atoms with E-state index in [4.69, 9.17) is 11.6 Å². The van der Waals surface area contributed by atoms with Crippen molar-refractivity contribution in [3.05, 3.63) is 46.7 Å². The summed E-state index contributed by atoms with van der Waals surface area (Å²) in [6.07, 6.45) is -8.39. The number of pyridine rings is 2. The van der Waals surface area contributed by atoms with Gasteiger partial charge in [-0.05, 0) is 24.3 Å². The van der Waals surface area contributed by atoms with Crippen molar-refractivity contribution in [2.24, 2.45) is 0 Å². The van der Waals surface area contributed by atoms with Gasteiger partial charge in [0, 0.05) is 6.20 Å². The third-order valence-corrected chi connectivity index (χ3v) is 2.66. The van der Waals surface area contributed by atoms with Crippen molar-refractivity contribution < 1.29 is 26.3 Å². The van der Waals surface area contributed by atoms with Crippen LogP contribution < -0.4 is 5.32 Å². The van der Waals surface area contributed by atoms with Gasteiger partial charge in [-0.3, -0.25) is 0 Å². The van der Waals surface area contributed by atoms with Crippen LogP contribution in [-0.4, -0.2) is 9.97 Å². The first-order valence-electron chi connectivity index (χ1n) is 5.61. The number of nitrogens with zero attached hydrogens (tertiary/aromatic N) is 2. The molecule has 0 spiro atoms. The first-order chi connectivity index (χ1) is 10.1. The van der Waals surface area contributed by atoms with Gasteiger partial charge in [0.05, 0.1) is 11.1 Å². The molecule has 0 atom stereocenters. The molecule has 0 aliphatic carbocycles. The number of hydrogen-bond donors (Lipinski definition) is 1. The summed E-state index contributed by atoms with van der Waals surface area (Å²) < 4.78 is 75.5. The van der Waals surface area contributed by atoms with Crippen LogP contribution in [0.25, 0.3) is 0 Å². The lowest BCUT2D eigenvalue weighted by Crippen LogP contribution is -2.08. The lowest BCUT2D eigenvalue weighted by Gasteiger charge is -2.11. The van der Waals surface area contributed by atoms with Crippen molar-refractivity contribution in [2.45, 2.75) is 12.4 Å². The molecule has 0 saturated heterocycles. The molecule has 0 radical (unpaired) electrons. The number of alkyl halides is 6. The van der Waals surface area contributed by atoms with Gasteiger partial charge in [-0.25, -0.2) is 9.97 Å². The quantitative estimate of drug-likeness (QED) is 0.623. The van der Waals surface area contributed by atoms with Crippen LogP contribution in [0.2, 0.25) is 5.15 Å². The first-order valence-corrected chi connectivity index (χ1v) is 5.98. The molecule has 0 aliphatic rings. The molecule has 22 heavy (non-hydrogen) atoms. The van der Waals surface area contributed by atoms with Crippen LogP contribution in [0.3, 0.4) is 0 Å². The molecule has 0 aromatic carbocycles. The number of rotatable bonds is 2. The Kier molecular flexibility index (Phi) is 4.19. The molecule has 0 saturated carbocycles. The highest BCUT2D eigenvalue weighted by Gasteiger charge is 2.32. The van der Waals surface area contributed by atoms with Gasteiger partial charge in [0.1, 0.15) is 16.8 Å². The van der Waals surface area contributed by atoms with Crippen LogP contribution in [0.5, 0.6) is 0 Å². The lowest BCUT2D eigenvalue weighted by molar-refractivity contribution is -0.138. The molecule has 0 aliphatic heterocycles. The molecule has 118 valence electrons. The van der Waals surface area contributed by atoms with Crippen molar-refractivity contribution in [3.8, 4) is 0 Å². The third kappa shape index (κ3) is 4.00. The largest absolute Gasteiger partial charge is 0.416 e. The second-order valence-corrected chi connectivity index (χ2v) is 4.50. The third-order valence-electron chi connectivity index (χ3n) is 2.46. The standard InChI is InChI=1S/C12H6ClF6N3/c13-8-3-7(12(17,18)19)5-10(21-8)22-9-4-6(1-2-20-9)11(14,15)16/h1-5H,(H,20,21,22). The second-order valence-electron chi connectivity index (χ2n) is 4.11. The average molecular weight is 342 g/mol. The van der Waals surface area contributed by atoms with Crippen LogP contribution >= 0.6 is 11.6 Å². The number of halogens is 7. The molecule has 0 unspecified atom stereocenters. The number of anilines is 2. The fourth-order valence-corrected chi connectivity index (χ4v) is 1.74. The highest BCUT2D eigenvalue weighted by molar-refractivity contribution is 6.29. The Bertz CT molecular complexity index is 683. The zero-order chi connectivity index (χ0) is 16.5. The van der Waals surface area contributed by atoms with Gasteiger partial charge in [-0.1, -0.05) is 11.6 Å². The van der Waals surface area contributed by atoms with Crippen LogP contribution in [0.4, 0.5) is 38.0 Å². The summed E-state index contributed by atoms with van der Waals surface area (Å²) in [5, 5.41) is 1.81. The summed E-state index contributed by atoms with van der Waals surface area (Å²) in [6, 6.07) is 2.60. The first kappa shape index (κ1) is 16.3. The van der Waals surface area contributed by atoms with E-state index in [0.717, 1.165) is 12.3 Å². The minimum atomic E-state index is -4.66. The van der Waals surface area contributed by atoms with E-state index >= 15 is 0 Å². The molecule has 2 aromatic heterocycles. The molecular weight excluding hydrogens is 336 g/mol. The molecule has 10 heteroatoms. The van der Waals surface area contributed by atoms with Crippen LogP contribution in [0, 0.1) is 0 Å². The van der Waals surface area contributed by atoms with E-state index in [9.17, 15) is 26.3 Å². The van der Waals surface area contributed by atoms with Crippen LogP contribution in [-0.2, 0) is 12.4 Å². The smallest absolute Gasteiger partial charge is 0.325 e. The summed E-state index contributed by atoms with van der Waals surface area (Å²) in [5.74, 6) is -0.677. The van der Waals surface area contributed by atoms with Crippen molar-refractivity contribution in [2.75, 3.05) is 5.32 Å². The molecule has 3 nitrogen and oxygen atoms in total. The monoisotopic (exact) mass is 341 g/mol. The summed E-state index contributed by atoms with van der Waals surface area (Å²) in [7, 11) is 0. The van der Waals surface area contributed by atoms with E-state index in [1.54, 1.807) is 0 Å². The summed E-state index contributed by atoms with van der Waals surface area (Å²) in [4.78, 5) is 7.16. The van der Waals surface area contributed by atoms with Gasteiger partial charge in [-0.2, -0.15) is 26.3 Å². The van der Waals surface area contributed by atoms with Crippen molar-refractivity contribution >= 4 is 23.2 Å². The van der Waals surface area contributed by atoms with E-state index < -0.39 is 28.6 Å². The molecule has 1 N–H and O–H groups in total. The zero-order valence-electron chi connectivity index (χ0n) is 10.4. The molecule has 0 fully saturated rings. The molecule has 0 bridgehead atoms. The van der Waals surface area contributed by atoms with Crippen molar-refractivity contribution in [3.63, 3.8) is 0 Å². The Labute approximate surface area is 125 Å². The van der Waals surface area contributed by atoms with Crippen LogP contribution in [0.15, 0.2) is 30.5 Å². The Hall–Kier alpha value is -2.03. The molecule has 2 rings (SSSR count). The zero-order valence-corrected chi connectivity index (χ0v) is 11.2. The maximum atomic E-state index is 12.6. The van der Waals surface area contributed by atoms with Gasteiger partial charge in [0.25, 0.3) is 0 Å². The number of hydrogen-bond acceptors (Lipinski definition) is 3. The molecule has 0 amide bonds. The Morgan fingerprint density at radius 1 is 0.864 bits per heavy atom. The summed E-state index contributed by atoms with van der Waals surface area (Å²) in [6.45, 7) is 0. The minimum absolute atomic E-state index is 0.308. The molecule has 2 aromatic rings. The Balaban J connectivity index is 2.34. The van der Waals surface area contributed by atoms with Gasteiger partial charge in [0.15, 0.2) is 0 Å². The van der Waals surface area contributed by atoms with Gasteiger partial charge in [-0.15, -0.1) is 0 Å². The van der Waals surface area contributed by atoms with E-state index in [0.29, 0.717) is 18.2 Å². The van der Waals surface area contributed by atoms with E-state index in [1.165, 1.54) is 0 Å². The van der Waals surface area contributed by atoms with E-state index in [-0.39, 0.29) is 11.6 Å². The van der Waals surface area contributed by atoms with Gasteiger partial charge < -0.3 is 5.32 Å². The van der Waals surface area contributed by atoms with E-state index in [1.807, 2.05) is 0 Å². The van der Waals surface area contributed by atoms with Crippen molar-refractivity contribution in [1.82, 2.24) is 9.97 Å². The predicted octanol–water partition coefficient (Wildman–Crippen LogP) is 4.91. The average Bonchev–Trinajstić information content (AvgIpc) is 2.36. The fraction of sp³-hybridized carbons (Fsp3) is 0.167. The molecular formula is C12H6ClF6N3. The maximum absolute atomic E-state index is 12.6. The van der Waals surface area contributed by atoms with E-state index in [2.05, 4.69) is 15.3 Å². The van der Waals surface area contributed by atoms with Crippen molar-refractivity contribution in [1.29, 1.82) is 0 Å². The SMILES string of the molecule is FC(F)(F)c1ccnc(Nc2cc(C(F)(F)F)cc(Cl)n2)c1. The second kappa shape index (κ2) is 5.64. The summed E-state index contributed by atoms with van der Waals surface area (Å²) >= 11 is 5.47. The highest BCUT2D eigenvalue weighted by Crippen LogP contribution is 2.33.